The van der Waals surface area contributed by atoms with Gasteiger partial charge >= 0.3 is 12.2 Å². The Morgan fingerprint density at radius 2 is 1.45 bits per heavy atom. The van der Waals surface area contributed by atoms with Crippen molar-refractivity contribution in [2.45, 2.75) is 6.18 Å². The maximum Gasteiger partial charge on any atom is 0.417 e. The number of rotatable bonds is 2. The van der Waals surface area contributed by atoms with Crippen LogP contribution in [0, 0.1) is 0 Å². The van der Waals surface area contributed by atoms with Crippen molar-refractivity contribution in [1.29, 1.82) is 0 Å². The van der Waals surface area contributed by atoms with Crippen LogP contribution in [0.15, 0.2) is 54.6 Å². The predicted molar refractivity (Wildman–Crippen MR) is 74.4 cm³/mol. The van der Waals surface area contributed by atoms with E-state index in [-0.39, 0.29) is 0 Å². The first-order chi connectivity index (χ1) is 10.4. The number of carbonyl (C=O) groups excluding carboxylic acids is 2. The molecule has 0 radical (unpaired) electrons. The molecule has 3 amide bonds. The first-order valence-electron chi connectivity index (χ1n) is 6.21. The van der Waals surface area contributed by atoms with Gasteiger partial charge in [-0.05, 0) is 24.3 Å². The summed E-state index contributed by atoms with van der Waals surface area (Å²) in [6.07, 6.45) is -4.68. The lowest BCUT2D eigenvalue weighted by atomic mass is 10.1. The molecule has 0 aliphatic rings. The van der Waals surface area contributed by atoms with Crippen LogP contribution in [0.1, 0.15) is 15.9 Å². The number of amides is 3. The number of imide groups is 1. The lowest BCUT2D eigenvalue weighted by Crippen LogP contribution is -2.35. The van der Waals surface area contributed by atoms with Gasteiger partial charge in [-0.1, -0.05) is 30.3 Å². The predicted octanol–water partition coefficient (Wildman–Crippen LogP) is 3.67. The van der Waals surface area contributed by atoms with Crippen molar-refractivity contribution >= 4 is 17.6 Å². The molecule has 4 nitrogen and oxygen atoms in total. The fraction of sp³-hybridized carbons (Fsp3) is 0.0667. The molecule has 2 rings (SSSR count). The van der Waals surface area contributed by atoms with Crippen LogP contribution in [-0.2, 0) is 6.18 Å². The highest BCUT2D eigenvalue weighted by atomic mass is 19.4. The van der Waals surface area contributed by atoms with Gasteiger partial charge in [0.15, 0.2) is 0 Å². The molecule has 2 aromatic carbocycles. The summed E-state index contributed by atoms with van der Waals surface area (Å²) in [5.74, 6) is -1.12. The molecule has 114 valence electrons. The van der Waals surface area contributed by atoms with Gasteiger partial charge in [0.25, 0.3) is 5.91 Å². The standard InChI is InChI=1S/C15H11F3N2O2/c16-15(17,18)12-9-5-4-8-11(12)13(21)20-14(22)19-10-6-2-1-3-7-10/h1-9H,(H2,19,20,21,22). The normalized spacial score (nSPS) is 10.9. The minimum absolute atomic E-state index is 0.414. The number of carbonyl (C=O) groups is 2. The molecule has 0 bridgehead atoms. The SMILES string of the molecule is O=C(NC(=O)c1ccccc1C(F)(F)F)Nc1ccccc1. The summed E-state index contributed by atoms with van der Waals surface area (Å²) in [4.78, 5) is 23.5. The fourth-order valence-electron chi connectivity index (χ4n) is 1.78. The number of urea groups is 1. The summed E-state index contributed by atoms with van der Waals surface area (Å²) in [5.41, 5.74) is -1.30. The zero-order valence-corrected chi connectivity index (χ0v) is 11.1. The minimum Gasteiger partial charge on any atom is -0.308 e. The smallest absolute Gasteiger partial charge is 0.308 e. The Bertz CT molecular complexity index is 685. The van der Waals surface area contributed by atoms with Gasteiger partial charge in [-0.15, -0.1) is 0 Å². The quantitative estimate of drug-likeness (QED) is 0.889. The Morgan fingerprint density at radius 3 is 2.09 bits per heavy atom. The number of nitrogens with one attached hydrogen (secondary N) is 2. The van der Waals surface area contributed by atoms with Gasteiger partial charge in [0.05, 0.1) is 11.1 Å². The van der Waals surface area contributed by atoms with Crippen molar-refractivity contribution in [3.63, 3.8) is 0 Å². The van der Waals surface area contributed by atoms with Crippen molar-refractivity contribution in [2.24, 2.45) is 0 Å². The van der Waals surface area contributed by atoms with Crippen molar-refractivity contribution in [1.82, 2.24) is 5.32 Å². The summed E-state index contributed by atoms with van der Waals surface area (Å²) >= 11 is 0. The number of alkyl halides is 3. The monoisotopic (exact) mass is 308 g/mol. The lowest BCUT2D eigenvalue weighted by Gasteiger charge is -2.12. The van der Waals surface area contributed by atoms with E-state index >= 15 is 0 Å². The van der Waals surface area contributed by atoms with Gasteiger partial charge in [-0.2, -0.15) is 13.2 Å². The maximum atomic E-state index is 12.8. The van der Waals surface area contributed by atoms with E-state index in [0.717, 1.165) is 12.1 Å². The third-order valence-electron chi connectivity index (χ3n) is 2.74. The molecule has 2 N–H and O–H groups in total. The number of benzene rings is 2. The number of halogens is 3. The van der Waals surface area contributed by atoms with E-state index in [1.807, 2.05) is 5.32 Å². The van der Waals surface area contributed by atoms with Gasteiger partial charge in [0, 0.05) is 5.69 Å². The number of hydrogen-bond acceptors (Lipinski definition) is 2. The molecule has 7 heteroatoms. The average molecular weight is 308 g/mol. The second kappa shape index (κ2) is 6.30. The Morgan fingerprint density at radius 1 is 0.864 bits per heavy atom. The summed E-state index contributed by atoms with van der Waals surface area (Å²) in [6, 6.07) is 11.6. The van der Waals surface area contributed by atoms with E-state index in [4.69, 9.17) is 0 Å². The minimum atomic E-state index is -4.68. The molecule has 0 aliphatic carbocycles. The summed E-state index contributed by atoms with van der Waals surface area (Å²) in [5, 5.41) is 4.22. The molecule has 22 heavy (non-hydrogen) atoms. The molecule has 0 saturated heterocycles. The molecular formula is C15H11F3N2O2. The van der Waals surface area contributed by atoms with Crippen LogP contribution in [0.4, 0.5) is 23.7 Å². The molecule has 0 heterocycles. The van der Waals surface area contributed by atoms with E-state index in [1.165, 1.54) is 12.1 Å². The van der Waals surface area contributed by atoms with Crippen LogP contribution in [0.5, 0.6) is 0 Å². The van der Waals surface area contributed by atoms with E-state index in [9.17, 15) is 22.8 Å². The van der Waals surface area contributed by atoms with Crippen LogP contribution in [-0.4, -0.2) is 11.9 Å². The maximum absolute atomic E-state index is 12.8. The molecular weight excluding hydrogens is 297 g/mol. The number of para-hydroxylation sites is 1. The van der Waals surface area contributed by atoms with Crippen LogP contribution in [0.2, 0.25) is 0 Å². The topological polar surface area (TPSA) is 58.2 Å². The van der Waals surface area contributed by atoms with Crippen LogP contribution < -0.4 is 10.6 Å². The third-order valence-corrected chi connectivity index (χ3v) is 2.74. The highest BCUT2D eigenvalue weighted by Crippen LogP contribution is 2.31. The first-order valence-corrected chi connectivity index (χ1v) is 6.21. The fourth-order valence-corrected chi connectivity index (χ4v) is 1.78. The third kappa shape index (κ3) is 3.85. The Labute approximate surface area is 124 Å². The molecule has 2 aromatic rings. The second-order valence-corrected chi connectivity index (χ2v) is 4.32. The Kier molecular flexibility index (Phi) is 4.45. The summed E-state index contributed by atoms with van der Waals surface area (Å²) in [7, 11) is 0. The molecule has 0 unspecified atom stereocenters. The van der Waals surface area contributed by atoms with Gasteiger partial charge < -0.3 is 5.32 Å². The highest BCUT2D eigenvalue weighted by Gasteiger charge is 2.35. The van der Waals surface area contributed by atoms with Crippen molar-refractivity contribution in [3.8, 4) is 0 Å². The highest BCUT2D eigenvalue weighted by molar-refractivity contribution is 6.08. The molecule has 0 fully saturated rings. The van der Waals surface area contributed by atoms with E-state index in [0.29, 0.717) is 5.69 Å². The lowest BCUT2D eigenvalue weighted by molar-refractivity contribution is -0.137. The molecule has 0 saturated carbocycles. The van der Waals surface area contributed by atoms with Crippen LogP contribution >= 0.6 is 0 Å². The number of hydrogen-bond donors (Lipinski definition) is 2. The molecule has 0 atom stereocenters. The zero-order valence-electron chi connectivity index (χ0n) is 11.1. The van der Waals surface area contributed by atoms with Gasteiger partial charge in [0.1, 0.15) is 0 Å². The van der Waals surface area contributed by atoms with Gasteiger partial charge in [-0.25, -0.2) is 4.79 Å². The van der Waals surface area contributed by atoms with Crippen molar-refractivity contribution in [2.75, 3.05) is 5.32 Å². The second-order valence-electron chi connectivity index (χ2n) is 4.32. The largest absolute Gasteiger partial charge is 0.417 e. The van der Waals surface area contributed by atoms with Gasteiger partial charge in [0.2, 0.25) is 0 Å². The van der Waals surface area contributed by atoms with Crippen LogP contribution in [0.25, 0.3) is 0 Å². The van der Waals surface area contributed by atoms with Gasteiger partial charge in [-0.3, -0.25) is 10.1 Å². The van der Waals surface area contributed by atoms with Crippen molar-refractivity contribution in [3.05, 3.63) is 65.7 Å². The summed E-state index contributed by atoms with van der Waals surface area (Å²) < 4.78 is 38.4. The van der Waals surface area contributed by atoms with Crippen LogP contribution in [0.3, 0.4) is 0 Å². The molecule has 0 aliphatic heterocycles. The summed E-state index contributed by atoms with van der Waals surface area (Å²) in [6.45, 7) is 0. The Balaban J connectivity index is 2.11. The molecule has 0 spiro atoms. The van der Waals surface area contributed by atoms with E-state index in [1.54, 1.807) is 30.3 Å². The molecule has 0 aromatic heterocycles. The van der Waals surface area contributed by atoms with E-state index < -0.39 is 29.2 Å². The first kappa shape index (κ1) is 15.6. The zero-order chi connectivity index (χ0) is 16.2. The average Bonchev–Trinajstić information content (AvgIpc) is 2.47. The van der Waals surface area contributed by atoms with Crippen molar-refractivity contribution < 1.29 is 22.8 Å². The van der Waals surface area contributed by atoms with E-state index in [2.05, 4.69) is 5.32 Å². The number of anilines is 1. The Hall–Kier alpha value is -2.83.